The van der Waals surface area contributed by atoms with Gasteiger partial charge >= 0.3 is 11.9 Å². The summed E-state index contributed by atoms with van der Waals surface area (Å²) in [6.45, 7) is -0.701. The zero-order chi connectivity index (χ0) is 15.3. The first kappa shape index (κ1) is 15.9. The van der Waals surface area contributed by atoms with E-state index in [1.165, 1.54) is 24.3 Å². The Hall–Kier alpha value is -2.15. The lowest BCUT2D eigenvalue weighted by Gasteiger charge is -2.19. The maximum atomic E-state index is 11.6. The number of benzene rings is 1. The van der Waals surface area contributed by atoms with Gasteiger partial charge in [-0.1, -0.05) is 23.7 Å². The van der Waals surface area contributed by atoms with Crippen molar-refractivity contribution in [3.05, 3.63) is 45.0 Å². The van der Waals surface area contributed by atoms with E-state index < -0.39 is 35.2 Å². The number of hydrogen-bond donors (Lipinski definition) is 1. The van der Waals surface area contributed by atoms with Crippen LogP contribution in [0.4, 0.5) is 0 Å². The lowest BCUT2D eigenvalue weighted by molar-refractivity contribution is -0.484. The largest absolute Gasteiger partial charge is 0.481 e. The lowest BCUT2D eigenvalue weighted by atomic mass is 9.86. The summed E-state index contributed by atoms with van der Waals surface area (Å²) < 4.78 is 4.41. The maximum Gasteiger partial charge on any atom is 0.320 e. The van der Waals surface area contributed by atoms with Crippen molar-refractivity contribution in [2.24, 2.45) is 5.92 Å². The molecule has 0 spiro atoms. The van der Waals surface area contributed by atoms with Gasteiger partial charge in [0.25, 0.3) is 0 Å². The minimum absolute atomic E-state index is 0.337. The van der Waals surface area contributed by atoms with Crippen molar-refractivity contribution >= 4 is 23.5 Å². The summed E-state index contributed by atoms with van der Waals surface area (Å²) in [4.78, 5) is 32.8. The number of nitrogens with zero attached hydrogens (tertiary/aromatic N) is 1. The molecule has 1 rings (SSSR count). The molecule has 0 bridgehead atoms. The van der Waals surface area contributed by atoms with E-state index in [1.807, 2.05) is 0 Å². The fourth-order valence-electron chi connectivity index (χ4n) is 1.84. The van der Waals surface area contributed by atoms with Crippen LogP contribution in [-0.2, 0) is 14.3 Å². The number of carbonyl (C=O) groups is 2. The zero-order valence-electron chi connectivity index (χ0n) is 10.5. The fraction of sp³-hybridized carbons (Fsp3) is 0.333. The molecule has 7 nitrogen and oxygen atoms in total. The van der Waals surface area contributed by atoms with E-state index in [2.05, 4.69) is 4.74 Å². The van der Waals surface area contributed by atoms with E-state index in [1.54, 1.807) is 0 Å². The first-order chi connectivity index (χ1) is 9.36. The van der Waals surface area contributed by atoms with E-state index in [9.17, 15) is 19.7 Å². The van der Waals surface area contributed by atoms with Crippen molar-refractivity contribution in [1.29, 1.82) is 0 Å². The molecular formula is C12H12ClNO6. The van der Waals surface area contributed by atoms with E-state index in [0.29, 0.717) is 10.6 Å². The van der Waals surface area contributed by atoms with Gasteiger partial charge < -0.3 is 9.84 Å². The molecule has 0 aliphatic heterocycles. The van der Waals surface area contributed by atoms with E-state index >= 15 is 0 Å². The summed E-state index contributed by atoms with van der Waals surface area (Å²) >= 11 is 5.71. The molecule has 0 saturated heterocycles. The molecule has 0 aliphatic carbocycles. The SMILES string of the molecule is COC(=O)C(C(=O)O)C(C[N+](=O)[O-])c1ccc(Cl)cc1. The second kappa shape index (κ2) is 6.85. The predicted molar refractivity (Wildman–Crippen MR) is 69.2 cm³/mol. The van der Waals surface area contributed by atoms with Crippen LogP contribution in [0.2, 0.25) is 5.02 Å². The Labute approximate surface area is 119 Å². The van der Waals surface area contributed by atoms with Crippen LogP contribution < -0.4 is 0 Å². The van der Waals surface area contributed by atoms with Gasteiger partial charge in [0.15, 0.2) is 5.92 Å². The summed E-state index contributed by atoms with van der Waals surface area (Å²) in [5, 5.41) is 20.2. The first-order valence-electron chi connectivity index (χ1n) is 5.54. The van der Waals surface area contributed by atoms with Crippen LogP contribution in [0.3, 0.4) is 0 Å². The fourth-order valence-corrected chi connectivity index (χ4v) is 1.96. The Kier molecular flexibility index (Phi) is 5.45. The van der Waals surface area contributed by atoms with E-state index in [-0.39, 0.29) is 0 Å². The van der Waals surface area contributed by atoms with Crippen molar-refractivity contribution in [1.82, 2.24) is 0 Å². The number of rotatable bonds is 6. The molecule has 108 valence electrons. The van der Waals surface area contributed by atoms with Crippen LogP contribution in [0, 0.1) is 16.0 Å². The standard InChI is InChI=1S/C12H12ClNO6/c1-20-12(17)10(11(15)16)9(6-14(18)19)7-2-4-8(13)5-3-7/h2-5,9-10H,6H2,1H3,(H,15,16). The lowest BCUT2D eigenvalue weighted by Crippen LogP contribution is -2.34. The van der Waals surface area contributed by atoms with Crippen LogP contribution >= 0.6 is 11.6 Å². The Morgan fingerprint density at radius 1 is 1.40 bits per heavy atom. The summed E-state index contributed by atoms with van der Waals surface area (Å²) in [6, 6.07) is 5.85. The van der Waals surface area contributed by atoms with Crippen LogP contribution in [0.5, 0.6) is 0 Å². The third kappa shape index (κ3) is 3.92. The predicted octanol–water partition coefficient (Wildman–Crippen LogP) is 1.57. The third-order valence-electron chi connectivity index (χ3n) is 2.77. The van der Waals surface area contributed by atoms with Gasteiger partial charge in [0.05, 0.1) is 13.0 Å². The molecule has 0 radical (unpaired) electrons. The molecule has 0 saturated carbocycles. The van der Waals surface area contributed by atoms with Gasteiger partial charge in [-0.3, -0.25) is 19.7 Å². The average molecular weight is 302 g/mol. The van der Waals surface area contributed by atoms with Crippen molar-refractivity contribution in [3.63, 3.8) is 0 Å². The molecule has 0 heterocycles. The van der Waals surface area contributed by atoms with E-state index in [4.69, 9.17) is 16.7 Å². The monoisotopic (exact) mass is 301 g/mol. The number of carbonyl (C=O) groups excluding carboxylic acids is 1. The van der Waals surface area contributed by atoms with Crippen LogP contribution in [0.1, 0.15) is 11.5 Å². The van der Waals surface area contributed by atoms with Gasteiger partial charge in [0, 0.05) is 9.95 Å². The van der Waals surface area contributed by atoms with Gasteiger partial charge in [-0.05, 0) is 17.7 Å². The molecule has 0 aromatic heterocycles. The van der Waals surface area contributed by atoms with Gasteiger partial charge in [0.2, 0.25) is 6.54 Å². The molecule has 0 fully saturated rings. The average Bonchev–Trinajstić information content (AvgIpc) is 2.37. The molecule has 2 unspecified atom stereocenters. The number of carboxylic acids is 1. The van der Waals surface area contributed by atoms with Crippen LogP contribution in [0.15, 0.2) is 24.3 Å². The van der Waals surface area contributed by atoms with Gasteiger partial charge in [-0.25, -0.2) is 0 Å². The Morgan fingerprint density at radius 2 is 1.95 bits per heavy atom. The Balaban J connectivity index is 3.21. The summed E-state index contributed by atoms with van der Waals surface area (Å²) in [7, 11) is 1.03. The Morgan fingerprint density at radius 3 is 2.35 bits per heavy atom. The zero-order valence-corrected chi connectivity index (χ0v) is 11.2. The summed E-state index contributed by atoms with van der Waals surface area (Å²) in [5.74, 6) is -5.28. The molecule has 8 heteroatoms. The highest BCUT2D eigenvalue weighted by Gasteiger charge is 2.39. The number of carboxylic acid groups (broad SMARTS) is 1. The number of aliphatic carboxylic acids is 1. The van der Waals surface area contributed by atoms with Crippen molar-refractivity contribution < 1.29 is 24.4 Å². The van der Waals surface area contributed by atoms with E-state index in [0.717, 1.165) is 7.11 Å². The molecule has 2 atom stereocenters. The number of nitro groups is 1. The van der Waals surface area contributed by atoms with Gasteiger partial charge in [-0.15, -0.1) is 0 Å². The highest BCUT2D eigenvalue weighted by Crippen LogP contribution is 2.27. The maximum absolute atomic E-state index is 11.6. The topological polar surface area (TPSA) is 107 Å². The number of esters is 1. The quantitative estimate of drug-likeness (QED) is 0.370. The Bertz CT molecular complexity index is 515. The molecule has 0 aliphatic rings. The molecule has 1 aromatic carbocycles. The smallest absolute Gasteiger partial charge is 0.320 e. The first-order valence-corrected chi connectivity index (χ1v) is 5.92. The third-order valence-corrected chi connectivity index (χ3v) is 3.02. The number of hydrogen-bond acceptors (Lipinski definition) is 5. The van der Waals surface area contributed by atoms with Crippen molar-refractivity contribution in [2.75, 3.05) is 13.7 Å². The minimum Gasteiger partial charge on any atom is -0.481 e. The molecule has 20 heavy (non-hydrogen) atoms. The summed E-state index contributed by atoms with van der Waals surface area (Å²) in [6.07, 6.45) is 0. The highest BCUT2D eigenvalue weighted by molar-refractivity contribution is 6.30. The highest BCUT2D eigenvalue weighted by atomic mass is 35.5. The number of halogens is 1. The second-order valence-electron chi connectivity index (χ2n) is 4.01. The van der Waals surface area contributed by atoms with Gasteiger partial charge in [0.1, 0.15) is 0 Å². The molecule has 1 aromatic rings. The van der Waals surface area contributed by atoms with Crippen LogP contribution in [0.25, 0.3) is 0 Å². The molecule has 1 N–H and O–H groups in total. The summed E-state index contributed by atoms with van der Waals surface area (Å²) in [5.41, 5.74) is 0.337. The number of methoxy groups -OCH3 is 1. The van der Waals surface area contributed by atoms with Crippen molar-refractivity contribution in [2.45, 2.75) is 5.92 Å². The minimum atomic E-state index is -1.65. The van der Waals surface area contributed by atoms with Gasteiger partial charge in [-0.2, -0.15) is 0 Å². The van der Waals surface area contributed by atoms with Crippen molar-refractivity contribution in [3.8, 4) is 0 Å². The molecule has 0 amide bonds. The van der Waals surface area contributed by atoms with Crippen LogP contribution in [-0.4, -0.2) is 35.6 Å². The molecular weight excluding hydrogens is 290 g/mol. The normalized spacial score (nSPS) is 13.3. The second-order valence-corrected chi connectivity index (χ2v) is 4.45. The number of ether oxygens (including phenoxy) is 1.